The lowest BCUT2D eigenvalue weighted by atomic mass is 9.95. The third-order valence-corrected chi connectivity index (χ3v) is 6.69. The van der Waals surface area contributed by atoms with Gasteiger partial charge in [0.2, 0.25) is 0 Å². The second-order valence-electron chi connectivity index (χ2n) is 9.27. The number of H-pyrrole nitrogens is 1. The molecule has 2 aromatic carbocycles. The van der Waals surface area contributed by atoms with E-state index in [9.17, 15) is 4.79 Å². The molecule has 0 spiro atoms. The van der Waals surface area contributed by atoms with E-state index >= 15 is 0 Å². The van der Waals surface area contributed by atoms with E-state index in [2.05, 4.69) is 37.5 Å². The van der Waals surface area contributed by atoms with Crippen LogP contribution in [0.3, 0.4) is 0 Å². The number of rotatable bonds is 9. The summed E-state index contributed by atoms with van der Waals surface area (Å²) >= 11 is 0. The van der Waals surface area contributed by atoms with Crippen molar-refractivity contribution in [1.82, 2.24) is 30.1 Å². The van der Waals surface area contributed by atoms with Crippen LogP contribution in [0.5, 0.6) is 5.75 Å². The maximum absolute atomic E-state index is 13.0. The molecular weight excluding hydrogens is 440 g/mol. The Kier molecular flexibility index (Phi) is 7.18. The number of hydrogen-bond donors (Lipinski definition) is 1. The minimum atomic E-state index is -0.0772. The first-order chi connectivity index (χ1) is 17.2. The van der Waals surface area contributed by atoms with E-state index in [4.69, 9.17) is 4.74 Å². The van der Waals surface area contributed by atoms with Crippen LogP contribution < -0.4 is 10.3 Å². The average molecular weight is 473 g/mol. The second kappa shape index (κ2) is 10.8. The van der Waals surface area contributed by atoms with Gasteiger partial charge in [0.05, 0.1) is 19.2 Å². The number of aromatic amines is 1. The third-order valence-electron chi connectivity index (χ3n) is 6.69. The fourth-order valence-corrected chi connectivity index (χ4v) is 4.98. The van der Waals surface area contributed by atoms with E-state index in [1.165, 1.54) is 24.8 Å². The summed E-state index contributed by atoms with van der Waals surface area (Å²) in [7, 11) is 0. The minimum Gasteiger partial charge on any atom is -0.494 e. The average Bonchev–Trinajstić information content (AvgIpc) is 3.34. The lowest BCUT2D eigenvalue weighted by molar-refractivity contribution is 0.225. The van der Waals surface area contributed by atoms with Crippen LogP contribution in [0.2, 0.25) is 0 Å². The van der Waals surface area contributed by atoms with Crippen molar-refractivity contribution in [3.63, 3.8) is 0 Å². The van der Waals surface area contributed by atoms with Crippen molar-refractivity contribution in [2.45, 2.75) is 64.7 Å². The van der Waals surface area contributed by atoms with Gasteiger partial charge in [0, 0.05) is 29.6 Å². The molecule has 8 nitrogen and oxygen atoms in total. The van der Waals surface area contributed by atoms with Crippen molar-refractivity contribution in [3.05, 3.63) is 81.9 Å². The highest BCUT2D eigenvalue weighted by Crippen LogP contribution is 2.28. The van der Waals surface area contributed by atoms with Crippen molar-refractivity contribution < 1.29 is 4.74 Å². The van der Waals surface area contributed by atoms with Gasteiger partial charge in [-0.1, -0.05) is 49.6 Å². The molecule has 0 atom stereocenters. The molecule has 0 unspecified atom stereocenters. The van der Waals surface area contributed by atoms with Crippen LogP contribution in [0.25, 0.3) is 10.9 Å². The largest absolute Gasteiger partial charge is 0.494 e. The molecule has 0 bridgehead atoms. The SMILES string of the molecule is CCOc1ccc2[nH]c(=O)c(CN(Cc3ccccc3)Cc3nnnn3C3CCCCC3)cc2c1. The van der Waals surface area contributed by atoms with E-state index in [0.29, 0.717) is 37.8 Å². The Morgan fingerprint density at radius 1 is 1.03 bits per heavy atom. The summed E-state index contributed by atoms with van der Waals surface area (Å²) in [6.45, 7) is 4.30. The van der Waals surface area contributed by atoms with Gasteiger partial charge in [0.15, 0.2) is 5.82 Å². The van der Waals surface area contributed by atoms with Gasteiger partial charge in [-0.3, -0.25) is 9.69 Å². The van der Waals surface area contributed by atoms with Crippen LogP contribution in [-0.4, -0.2) is 36.7 Å². The van der Waals surface area contributed by atoms with E-state index in [-0.39, 0.29) is 5.56 Å². The van der Waals surface area contributed by atoms with Crippen LogP contribution in [0.15, 0.2) is 59.4 Å². The molecule has 0 amide bonds. The number of pyridine rings is 1. The second-order valence-corrected chi connectivity index (χ2v) is 9.27. The molecule has 1 aliphatic carbocycles. The van der Waals surface area contributed by atoms with E-state index < -0.39 is 0 Å². The Labute approximate surface area is 204 Å². The van der Waals surface area contributed by atoms with Gasteiger partial charge in [-0.15, -0.1) is 5.10 Å². The Hall–Kier alpha value is -3.52. The number of benzene rings is 2. The number of fused-ring (bicyclic) bond motifs is 1. The fraction of sp³-hybridized carbons (Fsp3) is 0.407. The van der Waals surface area contributed by atoms with Crippen LogP contribution in [-0.2, 0) is 19.6 Å². The molecule has 1 aliphatic rings. The first-order valence-corrected chi connectivity index (χ1v) is 12.5. The molecule has 4 aromatic rings. The highest BCUT2D eigenvalue weighted by Gasteiger charge is 2.22. The van der Waals surface area contributed by atoms with Crippen molar-refractivity contribution in [2.75, 3.05) is 6.61 Å². The summed E-state index contributed by atoms with van der Waals surface area (Å²) in [4.78, 5) is 18.3. The molecule has 1 fully saturated rings. The van der Waals surface area contributed by atoms with Crippen molar-refractivity contribution in [3.8, 4) is 5.75 Å². The summed E-state index contributed by atoms with van der Waals surface area (Å²) in [5.74, 6) is 1.65. The van der Waals surface area contributed by atoms with E-state index in [1.54, 1.807) is 0 Å². The predicted octanol–water partition coefficient (Wildman–Crippen LogP) is 4.62. The van der Waals surface area contributed by atoms with Crippen LogP contribution in [0.4, 0.5) is 0 Å². The zero-order valence-electron chi connectivity index (χ0n) is 20.2. The van der Waals surface area contributed by atoms with Gasteiger partial charge in [-0.2, -0.15) is 0 Å². The fourth-order valence-electron chi connectivity index (χ4n) is 4.98. The van der Waals surface area contributed by atoms with Crippen molar-refractivity contribution in [2.24, 2.45) is 0 Å². The number of nitrogens with one attached hydrogen (secondary N) is 1. The molecule has 182 valence electrons. The Morgan fingerprint density at radius 2 is 1.86 bits per heavy atom. The van der Waals surface area contributed by atoms with Gasteiger partial charge >= 0.3 is 0 Å². The van der Waals surface area contributed by atoms with Crippen LogP contribution >= 0.6 is 0 Å². The topological polar surface area (TPSA) is 88.9 Å². The zero-order valence-corrected chi connectivity index (χ0v) is 20.2. The molecule has 35 heavy (non-hydrogen) atoms. The summed E-state index contributed by atoms with van der Waals surface area (Å²) in [6, 6.07) is 18.4. The number of aromatic nitrogens is 5. The first kappa shape index (κ1) is 23.2. The van der Waals surface area contributed by atoms with Crippen molar-refractivity contribution >= 4 is 10.9 Å². The summed E-state index contributed by atoms with van der Waals surface area (Å²) in [6.07, 6.45) is 5.94. The summed E-state index contributed by atoms with van der Waals surface area (Å²) < 4.78 is 7.67. The highest BCUT2D eigenvalue weighted by atomic mass is 16.5. The normalized spacial score (nSPS) is 14.6. The van der Waals surface area contributed by atoms with Gasteiger partial charge in [-0.25, -0.2) is 4.68 Å². The van der Waals surface area contributed by atoms with Gasteiger partial charge in [-0.05, 0) is 60.0 Å². The molecule has 0 aliphatic heterocycles. The maximum Gasteiger partial charge on any atom is 0.252 e. The quantitative estimate of drug-likeness (QED) is 0.382. The molecule has 1 N–H and O–H groups in total. The molecular formula is C27H32N6O2. The number of hydrogen-bond acceptors (Lipinski definition) is 6. The molecule has 5 rings (SSSR count). The summed E-state index contributed by atoms with van der Waals surface area (Å²) in [5, 5.41) is 13.7. The monoisotopic (exact) mass is 472 g/mol. The predicted molar refractivity (Wildman–Crippen MR) is 135 cm³/mol. The van der Waals surface area contributed by atoms with Crippen LogP contribution in [0, 0.1) is 0 Å². The standard InChI is InChI=1S/C27H32N6O2/c1-2-35-24-13-14-25-21(16-24)15-22(27(34)28-25)18-32(17-20-9-5-3-6-10-20)19-26-29-30-31-33(26)23-11-7-4-8-12-23/h3,5-6,9-10,13-16,23H,2,4,7-8,11-12,17-19H2,1H3,(H,28,34). The van der Waals surface area contributed by atoms with E-state index in [1.807, 2.05) is 54.1 Å². The Balaban J connectivity index is 1.44. The Morgan fingerprint density at radius 3 is 2.66 bits per heavy atom. The number of tetrazole rings is 1. The Bertz CT molecular complexity index is 1310. The third kappa shape index (κ3) is 5.59. The van der Waals surface area contributed by atoms with Gasteiger partial charge in [0.1, 0.15) is 5.75 Å². The maximum atomic E-state index is 13.0. The molecule has 0 radical (unpaired) electrons. The lowest BCUT2D eigenvalue weighted by Gasteiger charge is -2.25. The van der Waals surface area contributed by atoms with E-state index in [0.717, 1.165) is 35.3 Å². The number of nitrogens with zero attached hydrogens (tertiary/aromatic N) is 5. The van der Waals surface area contributed by atoms with Gasteiger partial charge < -0.3 is 9.72 Å². The molecule has 2 heterocycles. The van der Waals surface area contributed by atoms with Crippen LogP contribution in [0.1, 0.15) is 62.0 Å². The summed E-state index contributed by atoms with van der Waals surface area (Å²) in [5.41, 5.74) is 2.61. The highest BCUT2D eigenvalue weighted by molar-refractivity contribution is 5.80. The molecule has 2 aromatic heterocycles. The minimum absolute atomic E-state index is 0.0772. The molecule has 1 saturated carbocycles. The smallest absolute Gasteiger partial charge is 0.252 e. The number of ether oxygens (including phenoxy) is 1. The lowest BCUT2D eigenvalue weighted by Crippen LogP contribution is -2.29. The zero-order chi connectivity index (χ0) is 24.0. The van der Waals surface area contributed by atoms with Crippen molar-refractivity contribution in [1.29, 1.82) is 0 Å². The molecule has 8 heteroatoms. The first-order valence-electron chi connectivity index (χ1n) is 12.5. The van der Waals surface area contributed by atoms with Gasteiger partial charge in [0.25, 0.3) is 5.56 Å². The molecule has 0 saturated heterocycles.